The van der Waals surface area contributed by atoms with Crippen molar-refractivity contribution in [3.05, 3.63) is 71.4 Å². The fraction of sp³-hybridized carbons (Fsp3) is 0.222. The van der Waals surface area contributed by atoms with Crippen molar-refractivity contribution < 1.29 is 18.0 Å². The summed E-state index contributed by atoms with van der Waals surface area (Å²) >= 11 is 0. The molecule has 2 aromatic rings. The summed E-state index contributed by atoms with van der Waals surface area (Å²) in [7, 11) is -6.86. The number of benzene rings is 2. The molecule has 0 fully saturated rings. The van der Waals surface area contributed by atoms with E-state index in [1.807, 2.05) is 12.1 Å². The van der Waals surface area contributed by atoms with Gasteiger partial charge in [-0.1, -0.05) is 62.4 Å². The van der Waals surface area contributed by atoms with Crippen molar-refractivity contribution in [1.82, 2.24) is 4.72 Å². The van der Waals surface area contributed by atoms with Crippen LogP contribution in [0.1, 0.15) is 25.0 Å². The summed E-state index contributed by atoms with van der Waals surface area (Å²) < 4.78 is 26.9. The van der Waals surface area contributed by atoms with E-state index in [2.05, 4.69) is 4.72 Å². The minimum Gasteiger partial charge on any atom is -0.408 e. The van der Waals surface area contributed by atoms with E-state index < -0.39 is 18.6 Å². The lowest BCUT2D eigenvalue weighted by molar-refractivity contribution is 0.364. The second-order valence-electron chi connectivity index (χ2n) is 6.15. The monoisotopic (exact) mass is 377 g/mol. The van der Waals surface area contributed by atoms with Gasteiger partial charge in [-0.05, 0) is 29.0 Å². The molecule has 0 aliphatic rings. The first-order valence-electron chi connectivity index (χ1n) is 7.98. The fourth-order valence-corrected chi connectivity index (χ4v) is 3.88. The first kappa shape index (κ1) is 19.6. The van der Waals surface area contributed by atoms with Crippen LogP contribution in [0.25, 0.3) is 6.08 Å². The van der Waals surface area contributed by atoms with Gasteiger partial charge in [0.1, 0.15) is 0 Å². The van der Waals surface area contributed by atoms with Crippen molar-refractivity contribution >= 4 is 24.7 Å². The number of rotatable bonds is 7. The normalized spacial score (nSPS) is 12.8. The van der Waals surface area contributed by atoms with E-state index >= 15 is 0 Å². The summed E-state index contributed by atoms with van der Waals surface area (Å²) in [6.45, 7) is 3.74. The molecule has 2 aromatic carbocycles. The minimum absolute atomic E-state index is 0.185. The van der Waals surface area contributed by atoms with Crippen LogP contribution in [0.3, 0.4) is 0 Å². The van der Waals surface area contributed by atoms with Crippen LogP contribution >= 0.6 is 0 Å². The smallest absolute Gasteiger partial charge is 0.362 e. The molecule has 2 rings (SSSR count). The largest absolute Gasteiger partial charge is 0.408 e. The summed E-state index contributed by atoms with van der Waals surface area (Å²) in [5.41, 5.74) is 2.94. The predicted molar refractivity (Wildman–Crippen MR) is 101 cm³/mol. The van der Waals surface area contributed by atoms with E-state index in [1.54, 1.807) is 62.4 Å². The Morgan fingerprint density at radius 2 is 1.64 bits per heavy atom. The van der Waals surface area contributed by atoms with Crippen LogP contribution in [-0.2, 0) is 16.6 Å². The van der Waals surface area contributed by atoms with E-state index in [0.29, 0.717) is 0 Å². The Hall–Kier alpha value is -1.77. The second-order valence-corrected chi connectivity index (χ2v) is 11.0. The first-order valence-corrected chi connectivity index (χ1v) is 11.5. The Kier molecular flexibility index (Phi) is 6.31. The van der Waals surface area contributed by atoms with Crippen molar-refractivity contribution in [3.63, 3.8) is 0 Å². The van der Waals surface area contributed by atoms with Crippen molar-refractivity contribution in [1.29, 1.82) is 0 Å². The van der Waals surface area contributed by atoms with E-state index in [4.69, 9.17) is 0 Å². The molecular formula is C18H23NO4SSi. The molecule has 25 heavy (non-hydrogen) atoms. The molecule has 0 unspecified atom stereocenters. The molecule has 0 amide bonds. The van der Waals surface area contributed by atoms with Gasteiger partial charge in [0.2, 0.25) is 10.0 Å². The Morgan fingerprint density at radius 3 is 2.20 bits per heavy atom. The Bertz CT molecular complexity index is 816. The summed E-state index contributed by atoms with van der Waals surface area (Å²) in [5, 5.41) is 0. The van der Waals surface area contributed by atoms with Gasteiger partial charge >= 0.3 is 8.56 Å². The average molecular weight is 378 g/mol. The lowest BCUT2D eigenvalue weighted by Crippen LogP contribution is -2.35. The van der Waals surface area contributed by atoms with E-state index in [1.165, 1.54) is 5.70 Å². The molecule has 134 valence electrons. The molecule has 3 N–H and O–H groups in total. The molecule has 0 atom stereocenters. The van der Waals surface area contributed by atoms with Gasteiger partial charge in [-0.2, -0.15) is 0 Å². The maximum Gasteiger partial charge on any atom is 0.362 e. The third kappa shape index (κ3) is 5.62. The van der Waals surface area contributed by atoms with Gasteiger partial charge in [0, 0.05) is 12.1 Å². The molecule has 0 aromatic heterocycles. The highest BCUT2D eigenvalue weighted by molar-refractivity contribution is 7.89. The number of sulfonamides is 1. The van der Waals surface area contributed by atoms with E-state index in [-0.39, 0.29) is 17.0 Å². The molecule has 0 aliphatic carbocycles. The molecule has 0 spiro atoms. The minimum atomic E-state index is -3.53. The average Bonchev–Trinajstić information content (AvgIpc) is 2.60. The van der Waals surface area contributed by atoms with Crippen molar-refractivity contribution in [2.24, 2.45) is 0 Å². The third-order valence-electron chi connectivity index (χ3n) is 3.87. The van der Waals surface area contributed by atoms with Gasteiger partial charge in [-0.3, -0.25) is 0 Å². The highest BCUT2D eigenvalue weighted by Gasteiger charge is 2.29. The zero-order chi connectivity index (χ0) is 18.5. The van der Waals surface area contributed by atoms with Crippen LogP contribution in [0.5, 0.6) is 0 Å². The van der Waals surface area contributed by atoms with Crippen LogP contribution < -0.4 is 4.72 Å². The van der Waals surface area contributed by atoms with E-state index in [9.17, 15) is 18.0 Å². The van der Waals surface area contributed by atoms with Crippen LogP contribution in [0, 0.1) is 0 Å². The predicted octanol–water partition coefficient (Wildman–Crippen LogP) is 2.55. The Balaban J connectivity index is 2.00. The number of hydrogen-bond acceptors (Lipinski definition) is 4. The summed E-state index contributed by atoms with van der Waals surface area (Å²) in [4.78, 5) is 20.1. The standard InChI is InChI=1S/C18H23NO4SSi/c1-15(2)25(22,23)13-12-16-8-10-17(11-9-16)14-19-24(20,21)18-6-4-3-5-7-18/h3-13,15,19,22-23H,14H2,1-2H3. The summed E-state index contributed by atoms with van der Waals surface area (Å²) in [6.07, 6.45) is 1.68. The van der Waals surface area contributed by atoms with E-state index in [0.717, 1.165) is 11.1 Å². The van der Waals surface area contributed by atoms with Gasteiger partial charge in [0.15, 0.2) is 0 Å². The van der Waals surface area contributed by atoms with Crippen LogP contribution in [-0.4, -0.2) is 26.6 Å². The first-order chi connectivity index (χ1) is 11.7. The molecule has 7 heteroatoms. The SMILES string of the molecule is CC(C)[Si](O)(O)C=Cc1ccc(CNS(=O)(=O)c2ccccc2)cc1. The summed E-state index contributed by atoms with van der Waals surface area (Å²) in [5.74, 6) is 0. The molecular weight excluding hydrogens is 354 g/mol. The van der Waals surface area contributed by atoms with Crippen molar-refractivity contribution in [2.45, 2.75) is 30.8 Å². The van der Waals surface area contributed by atoms with Gasteiger partial charge in [-0.15, -0.1) is 0 Å². The highest BCUT2D eigenvalue weighted by Crippen LogP contribution is 2.17. The fourth-order valence-electron chi connectivity index (χ4n) is 2.02. The lowest BCUT2D eigenvalue weighted by atomic mass is 10.1. The van der Waals surface area contributed by atoms with Crippen LogP contribution in [0.2, 0.25) is 5.54 Å². The van der Waals surface area contributed by atoms with Gasteiger partial charge < -0.3 is 9.59 Å². The Morgan fingerprint density at radius 1 is 1.04 bits per heavy atom. The molecule has 0 saturated carbocycles. The molecule has 0 bridgehead atoms. The zero-order valence-electron chi connectivity index (χ0n) is 14.3. The third-order valence-corrected chi connectivity index (χ3v) is 7.64. The Labute approximate surface area is 150 Å². The van der Waals surface area contributed by atoms with Gasteiger partial charge in [0.25, 0.3) is 0 Å². The number of hydrogen-bond donors (Lipinski definition) is 3. The lowest BCUT2D eigenvalue weighted by Gasteiger charge is -2.17. The molecule has 0 radical (unpaired) electrons. The topological polar surface area (TPSA) is 86.6 Å². The highest BCUT2D eigenvalue weighted by atomic mass is 32.2. The van der Waals surface area contributed by atoms with Crippen LogP contribution in [0.15, 0.2) is 65.2 Å². The molecule has 0 saturated heterocycles. The van der Waals surface area contributed by atoms with Crippen LogP contribution in [0.4, 0.5) is 0 Å². The van der Waals surface area contributed by atoms with Gasteiger partial charge in [-0.25, -0.2) is 13.1 Å². The van der Waals surface area contributed by atoms with Crippen molar-refractivity contribution in [3.8, 4) is 0 Å². The molecule has 0 heterocycles. The quantitative estimate of drug-likeness (QED) is 0.647. The molecule has 5 nitrogen and oxygen atoms in total. The van der Waals surface area contributed by atoms with Crippen molar-refractivity contribution in [2.75, 3.05) is 0 Å². The maximum absolute atomic E-state index is 12.2. The second kappa shape index (κ2) is 8.07. The zero-order valence-corrected chi connectivity index (χ0v) is 16.1. The maximum atomic E-state index is 12.2. The van der Waals surface area contributed by atoms with Gasteiger partial charge in [0.05, 0.1) is 4.90 Å². The number of nitrogens with one attached hydrogen (secondary N) is 1. The summed E-state index contributed by atoms with van der Waals surface area (Å²) in [6, 6.07) is 15.5. The molecule has 0 aliphatic heterocycles.